The van der Waals surface area contributed by atoms with Crippen LogP contribution in [0.1, 0.15) is 35.6 Å². The van der Waals surface area contributed by atoms with Gasteiger partial charge in [0, 0.05) is 11.6 Å². The van der Waals surface area contributed by atoms with Crippen LogP contribution in [0.2, 0.25) is 5.02 Å². The van der Waals surface area contributed by atoms with Gasteiger partial charge in [-0.2, -0.15) is 5.10 Å². The van der Waals surface area contributed by atoms with E-state index in [9.17, 15) is 9.18 Å². The van der Waals surface area contributed by atoms with Crippen LogP contribution >= 0.6 is 11.6 Å². The monoisotopic (exact) mass is 464 g/mol. The molecule has 0 unspecified atom stereocenters. The molecule has 0 spiro atoms. The second-order valence-electron chi connectivity index (χ2n) is 7.38. The number of fused-ring (bicyclic) bond motifs is 1. The molecule has 7 heteroatoms. The van der Waals surface area contributed by atoms with Crippen LogP contribution in [0.15, 0.2) is 66.9 Å². The second kappa shape index (κ2) is 9.38. The molecule has 4 aromatic rings. The highest BCUT2D eigenvalue weighted by Gasteiger charge is 2.20. The number of aliphatic carboxylic acids is 1. The maximum atomic E-state index is 15.6. The van der Waals surface area contributed by atoms with Crippen molar-refractivity contribution in [3.05, 3.63) is 106 Å². The van der Waals surface area contributed by atoms with Crippen LogP contribution in [0.25, 0.3) is 28.1 Å². The van der Waals surface area contributed by atoms with Crippen molar-refractivity contribution in [1.82, 2.24) is 10.2 Å². The van der Waals surface area contributed by atoms with Crippen molar-refractivity contribution in [2.24, 2.45) is 0 Å². The van der Waals surface area contributed by atoms with Gasteiger partial charge >= 0.3 is 5.97 Å². The molecule has 1 aromatic heterocycles. The van der Waals surface area contributed by atoms with Gasteiger partial charge in [-0.1, -0.05) is 48.9 Å². The number of rotatable bonds is 6. The molecule has 0 aliphatic heterocycles. The van der Waals surface area contributed by atoms with Crippen LogP contribution < -0.4 is 0 Å². The molecule has 166 valence electrons. The van der Waals surface area contributed by atoms with Crippen molar-refractivity contribution in [3.63, 3.8) is 0 Å². The van der Waals surface area contributed by atoms with Gasteiger partial charge in [-0.15, -0.1) is 0 Å². The Morgan fingerprint density at radius 2 is 1.82 bits per heavy atom. The Morgan fingerprint density at radius 3 is 2.48 bits per heavy atom. The van der Waals surface area contributed by atoms with Crippen LogP contribution in [-0.2, 0) is 4.79 Å². The Kier molecular flexibility index (Phi) is 6.38. The number of aromatic amines is 1. The Morgan fingerprint density at radius 1 is 1.09 bits per heavy atom. The number of hydrogen-bond acceptors (Lipinski definition) is 2. The predicted octanol–water partition coefficient (Wildman–Crippen LogP) is 6.96. The summed E-state index contributed by atoms with van der Waals surface area (Å²) >= 11 is 6.39. The average molecular weight is 465 g/mol. The van der Waals surface area contributed by atoms with Crippen LogP contribution in [0.5, 0.6) is 0 Å². The van der Waals surface area contributed by atoms with E-state index < -0.39 is 17.6 Å². The summed E-state index contributed by atoms with van der Waals surface area (Å²) in [4.78, 5) is 10.8. The highest BCUT2D eigenvalue weighted by atomic mass is 35.5. The topological polar surface area (TPSA) is 66.0 Å². The summed E-state index contributed by atoms with van der Waals surface area (Å²) < 4.78 is 29.4. The molecule has 0 bridgehead atoms. The number of allylic oxidation sites excluding steroid dienone is 1. The summed E-state index contributed by atoms with van der Waals surface area (Å²) in [5, 5.41) is 16.1. The molecule has 0 radical (unpaired) electrons. The number of halogens is 3. The fourth-order valence-electron chi connectivity index (χ4n) is 3.83. The van der Waals surface area contributed by atoms with E-state index in [1.807, 2.05) is 6.92 Å². The number of aromatic nitrogens is 2. The van der Waals surface area contributed by atoms with E-state index >= 15 is 4.39 Å². The van der Waals surface area contributed by atoms with Crippen molar-refractivity contribution >= 4 is 45.7 Å². The first-order valence-corrected chi connectivity index (χ1v) is 10.6. The summed E-state index contributed by atoms with van der Waals surface area (Å²) in [5.74, 6) is -1.94. The number of carboxylic acids is 1. The van der Waals surface area contributed by atoms with Gasteiger partial charge in [0.05, 0.1) is 22.1 Å². The molecule has 3 aromatic carbocycles. The summed E-state index contributed by atoms with van der Waals surface area (Å²) in [6, 6.07) is 14.7. The van der Waals surface area contributed by atoms with E-state index in [0.29, 0.717) is 45.2 Å². The van der Waals surface area contributed by atoms with Gasteiger partial charge in [-0.25, -0.2) is 13.6 Å². The van der Waals surface area contributed by atoms with E-state index in [0.717, 1.165) is 11.6 Å². The molecule has 0 aliphatic rings. The first-order chi connectivity index (χ1) is 15.9. The number of carbonyl (C=O) groups is 1. The van der Waals surface area contributed by atoms with Crippen molar-refractivity contribution < 1.29 is 18.7 Å². The molecular weight excluding hydrogens is 446 g/mol. The van der Waals surface area contributed by atoms with Gasteiger partial charge in [0.1, 0.15) is 11.6 Å². The predicted molar refractivity (Wildman–Crippen MR) is 127 cm³/mol. The lowest BCUT2D eigenvalue weighted by molar-refractivity contribution is -0.131. The van der Waals surface area contributed by atoms with Gasteiger partial charge in [0.2, 0.25) is 0 Å². The van der Waals surface area contributed by atoms with E-state index in [1.165, 1.54) is 24.4 Å². The summed E-state index contributed by atoms with van der Waals surface area (Å²) in [5.41, 5.74) is 4.29. The molecule has 0 saturated carbocycles. The molecule has 4 rings (SSSR count). The lowest BCUT2D eigenvalue weighted by atomic mass is 9.87. The largest absolute Gasteiger partial charge is 0.478 e. The Hall–Kier alpha value is -3.77. The highest BCUT2D eigenvalue weighted by Crippen LogP contribution is 2.39. The van der Waals surface area contributed by atoms with E-state index in [-0.39, 0.29) is 5.02 Å². The van der Waals surface area contributed by atoms with Gasteiger partial charge in [0.15, 0.2) is 0 Å². The number of carboxylic acid groups (broad SMARTS) is 1. The van der Waals surface area contributed by atoms with Crippen LogP contribution in [0.4, 0.5) is 8.78 Å². The minimum Gasteiger partial charge on any atom is -0.478 e. The SMILES string of the molecule is CC/C(=C(/c1ccc(/C=C/C(=O)O)cc1)c1ccc2[nH]ncc2c1F)c1ccc(F)cc1Cl. The van der Waals surface area contributed by atoms with E-state index in [4.69, 9.17) is 16.7 Å². The Bertz CT molecular complexity index is 1410. The fourth-order valence-corrected chi connectivity index (χ4v) is 4.11. The third-order valence-corrected chi connectivity index (χ3v) is 5.67. The summed E-state index contributed by atoms with van der Waals surface area (Å²) in [6.45, 7) is 1.92. The number of nitrogens with zero attached hydrogens (tertiary/aromatic N) is 1. The van der Waals surface area contributed by atoms with Crippen LogP contribution in [-0.4, -0.2) is 21.3 Å². The standard InChI is InChI=1S/C26H19ClF2N2O2/c1-2-18(19-9-8-17(28)13-22(19)27)25(16-6-3-15(4-7-16)5-12-24(32)33)20-10-11-23-21(26(20)29)14-30-31-23/h3-14H,2H2,1H3,(H,30,31)(H,32,33)/b12-5+,25-18+. The minimum atomic E-state index is -1.05. The number of H-pyrrole nitrogens is 1. The third-order valence-electron chi connectivity index (χ3n) is 5.36. The zero-order valence-corrected chi connectivity index (χ0v) is 18.3. The molecule has 2 N–H and O–H groups in total. The maximum Gasteiger partial charge on any atom is 0.328 e. The smallest absolute Gasteiger partial charge is 0.328 e. The van der Waals surface area contributed by atoms with Crippen molar-refractivity contribution in [1.29, 1.82) is 0 Å². The molecule has 0 fully saturated rings. The number of hydrogen-bond donors (Lipinski definition) is 2. The zero-order chi connectivity index (χ0) is 23.5. The Labute approximate surface area is 193 Å². The maximum absolute atomic E-state index is 15.6. The van der Waals surface area contributed by atoms with Gasteiger partial charge in [-0.05, 0) is 64.6 Å². The second-order valence-corrected chi connectivity index (χ2v) is 7.79. The average Bonchev–Trinajstić information content (AvgIpc) is 3.28. The van der Waals surface area contributed by atoms with Crippen LogP contribution in [0, 0.1) is 11.6 Å². The molecule has 0 amide bonds. The summed E-state index contributed by atoms with van der Waals surface area (Å²) in [7, 11) is 0. The van der Waals surface area contributed by atoms with Crippen molar-refractivity contribution in [2.75, 3.05) is 0 Å². The molecule has 1 heterocycles. The van der Waals surface area contributed by atoms with Gasteiger partial charge < -0.3 is 5.11 Å². The first kappa shape index (κ1) is 22.4. The lowest BCUT2D eigenvalue weighted by Gasteiger charge is -2.18. The van der Waals surface area contributed by atoms with Crippen molar-refractivity contribution in [2.45, 2.75) is 13.3 Å². The zero-order valence-electron chi connectivity index (χ0n) is 17.6. The highest BCUT2D eigenvalue weighted by molar-refractivity contribution is 6.32. The Balaban J connectivity index is 1.98. The van der Waals surface area contributed by atoms with Crippen LogP contribution in [0.3, 0.4) is 0 Å². The molecule has 0 saturated heterocycles. The minimum absolute atomic E-state index is 0.232. The molecule has 33 heavy (non-hydrogen) atoms. The van der Waals surface area contributed by atoms with Crippen molar-refractivity contribution in [3.8, 4) is 0 Å². The first-order valence-electron chi connectivity index (χ1n) is 10.2. The third kappa shape index (κ3) is 4.56. The molecule has 4 nitrogen and oxygen atoms in total. The summed E-state index contributed by atoms with van der Waals surface area (Å²) in [6.07, 6.45) is 4.46. The molecular formula is C26H19ClF2N2O2. The quantitative estimate of drug-likeness (QED) is 0.239. The number of benzene rings is 3. The van der Waals surface area contributed by atoms with Gasteiger partial charge in [-0.3, -0.25) is 5.10 Å². The fraction of sp³-hybridized carbons (Fsp3) is 0.0769. The van der Waals surface area contributed by atoms with Gasteiger partial charge in [0.25, 0.3) is 0 Å². The number of nitrogens with one attached hydrogen (secondary N) is 1. The van der Waals surface area contributed by atoms with E-state index in [1.54, 1.807) is 42.5 Å². The lowest BCUT2D eigenvalue weighted by Crippen LogP contribution is -1.99. The molecule has 0 aliphatic carbocycles. The van der Waals surface area contributed by atoms with E-state index in [2.05, 4.69) is 10.2 Å². The normalized spacial score (nSPS) is 12.4. The molecule has 0 atom stereocenters.